The third-order valence-corrected chi connectivity index (χ3v) is 6.19. The Kier molecular flexibility index (Phi) is 3.28. The van der Waals surface area contributed by atoms with Crippen molar-refractivity contribution in [1.29, 1.82) is 0 Å². The summed E-state index contributed by atoms with van der Waals surface area (Å²) in [4.78, 5) is 8.10. The van der Waals surface area contributed by atoms with Crippen LogP contribution in [-0.2, 0) is 0 Å². The van der Waals surface area contributed by atoms with Crippen molar-refractivity contribution in [2.75, 3.05) is 19.7 Å². The number of aliphatic hydroxyl groups excluding tert-OH is 1. The van der Waals surface area contributed by atoms with Gasteiger partial charge in [0.2, 0.25) is 0 Å². The van der Waals surface area contributed by atoms with Gasteiger partial charge in [-0.05, 0) is 40.9 Å². The molecule has 21 heavy (non-hydrogen) atoms. The molecule has 4 rings (SSSR count). The van der Waals surface area contributed by atoms with Crippen molar-refractivity contribution in [3.63, 3.8) is 0 Å². The van der Waals surface area contributed by atoms with Crippen molar-refractivity contribution >= 4 is 44.0 Å². The molecule has 0 aliphatic carbocycles. The molecular weight excluding hydrogens is 300 g/mol. The number of hydrogen-bond acceptors (Lipinski definition) is 5. The first-order valence-electron chi connectivity index (χ1n) is 7.10. The van der Waals surface area contributed by atoms with Gasteiger partial charge in [0.15, 0.2) is 5.17 Å². The Bertz CT molecular complexity index is 776. The Morgan fingerprint density at radius 2 is 2.29 bits per heavy atom. The lowest BCUT2D eigenvalue weighted by Gasteiger charge is -2.17. The molecule has 1 aromatic carbocycles. The highest BCUT2D eigenvalue weighted by atomic mass is 32.2. The zero-order valence-corrected chi connectivity index (χ0v) is 13.4. The molecular formula is C16H16N2OS2. The van der Waals surface area contributed by atoms with Crippen LogP contribution in [0.4, 0.5) is 0 Å². The van der Waals surface area contributed by atoms with Crippen LogP contribution in [0.25, 0.3) is 15.8 Å². The topological polar surface area (TPSA) is 35.8 Å². The molecule has 5 heteroatoms. The molecule has 0 bridgehead atoms. The first kappa shape index (κ1) is 13.4. The number of fused-ring (bicyclic) bond motifs is 2. The van der Waals surface area contributed by atoms with Gasteiger partial charge in [-0.1, -0.05) is 17.8 Å². The normalized spacial score (nSPS) is 17.8. The van der Waals surface area contributed by atoms with Crippen molar-refractivity contribution in [1.82, 2.24) is 4.90 Å². The lowest BCUT2D eigenvalue weighted by atomic mass is 10.1. The summed E-state index contributed by atoms with van der Waals surface area (Å²) in [5, 5.41) is 14.0. The van der Waals surface area contributed by atoms with Crippen molar-refractivity contribution in [2.45, 2.75) is 13.3 Å². The molecule has 2 aliphatic rings. The first-order chi connectivity index (χ1) is 10.3. The molecule has 0 radical (unpaired) electrons. The van der Waals surface area contributed by atoms with Gasteiger partial charge in [-0.15, -0.1) is 11.3 Å². The van der Waals surface area contributed by atoms with E-state index in [0.29, 0.717) is 6.42 Å². The van der Waals surface area contributed by atoms with E-state index in [1.54, 1.807) is 23.1 Å². The Labute approximate surface area is 132 Å². The number of benzene rings is 1. The second-order valence-electron chi connectivity index (χ2n) is 5.29. The van der Waals surface area contributed by atoms with E-state index in [1.165, 1.54) is 31.8 Å². The fraction of sp³-hybridized carbons (Fsp3) is 0.312. The van der Waals surface area contributed by atoms with Crippen LogP contribution in [-0.4, -0.2) is 34.9 Å². The molecule has 2 aromatic rings. The summed E-state index contributed by atoms with van der Waals surface area (Å²) in [5.41, 5.74) is 3.83. The molecule has 1 aromatic heterocycles. The zero-order valence-electron chi connectivity index (χ0n) is 11.8. The van der Waals surface area contributed by atoms with Gasteiger partial charge in [0, 0.05) is 29.2 Å². The van der Waals surface area contributed by atoms with Gasteiger partial charge in [-0.2, -0.15) is 0 Å². The average Bonchev–Trinajstić information content (AvgIpc) is 3.14. The van der Waals surface area contributed by atoms with E-state index >= 15 is 0 Å². The molecule has 3 heterocycles. The van der Waals surface area contributed by atoms with Gasteiger partial charge in [-0.25, -0.2) is 0 Å². The van der Waals surface area contributed by atoms with Gasteiger partial charge in [0.05, 0.1) is 12.2 Å². The summed E-state index contributed by atoms with van der Waals surface area (Å²) < 4.78 is 1.33. The van der Waals surface area contributed by atoms with E-state index in [4.69, 9.17) is 0 Å². The summed E-state index contributed by atoms with van der Waals surface area (Å²) in [7, 11) is 0. The zero-order chi connectivity index (χ0) is 14.4. The third-order valence-electron chi connectivity index (χ3n) is 3.93. The molecule has 2 aliphatic heterocycles. The SMILES string of the molecule is Cc1csc2ccc(C3=C(CCO)SC4=NCCN43)cc12. The number of rotatable bonds is 3. The van der Waals surface area contributed by atoms with Gasteiger partial charge in [-0.3, -0.25) is 4.99 Å². The van der Waals surface area contributed by atoms with E-state index in [-0.39, 0.29) is 6.61 Å². The molecule has 0 amide bonds. The van der Waals surface area contributed by atoms with Gasteiger partial charge in [0.1, 0.15) is 0 Å². The molecule has 3 nitrogen and oxygen atoms in total. The van der Waals surface area contributed by atoms with Crippen molar-refractivity contribution in [3.05, 3.63) is 39.6 Å². The summed E-state index contributed by atoms with van der Waals surface area (Å²) >= 11 is 3.52. The molecule has 0 atom stereocenters. The Morgan fingerprint density at radius 3 is 3.14 bits per heavy atom. The van der Waals surface area contributed by atoms with Crippen LogP contribution in [0, 0.1) is 6.92 Å². The minimum Gasteiger partial charge on any atom is -0.396 e. The Morgan fingerprint density at radius 1 is 1.38 bits per heavy atom. The number of nitrogens with zero attached hydrogens (tertiary/aromatic N) is 2. The number of amidine groups is 1. The van der Waals surface area contributed by atoms with Crippen LogP contribution in [0.15, 0.2) is 33.5 Å². The lowest BCUT2D eigenvalue weighted by molar-refractivity contribution is 0.301. The molecule has 0 spiro atoms. The number of thiophene rings is 1. The largest absolute Gasteiger partial charge is 0.396 e. The third kappa shape index (κ3) is 2.11. The monoisotopic (exact) mass is 316 g/mol. The molecule has 0 unspecified atom stereocenters. The van der Waals surface area contributed by atoms with Gasteiger partial charge in [0.25, 0.3) is 0 Å². The number of aliphatic imine (C=N–C) groups is 1. The maximum absolute atomic E-state index is 9.33. The van der Waals surface area contributed by atoms with E-state index in [1.807, 2.05) is 0 Å². The minimum absolute atomic E-state index is 0.187. The van der Waals surface area contributed by atoms with Gasteiger partial charge < -0.3 is 10.0 Å². The molecule has 108 valence electrons. The van der Waals surface area contributed by atoms with Gasteiger partial charge >= 0.3 is 0 Å². The Hall–Kier alpha value is -1.30. The predicted octanol–water partition coefficient (Wildman–Crippen LogP) is 3.68. The van der Waals surface area contributed by atoms with E-state index in [0.717, 1.165) is 18.3 Å². The summed E-state index contributed by atoms with van der Waals surface area (Å²) in [6.07, 6.45) is 0.705. The number of aliphatic hydroxyl groups is 1. The van der Waals surface area contributed by atoms with Crippen LogP contribution < -0.4 is 0 Å². The highest BCUT2D eigenvalue weighted by Gasteiger charge is 2.32. The van der Waals surface area contributed by atoms with Crippen molar-refractivity contribution < 1.29 is 5.11 Å². The number of thioether (sulfide) groups is 1. The number of aryl methyl sites for hydroxylation is 1. The molecule has 0 saturated heterocycles. The Balaban J connectivity index is 1.85. The predicted molar refractivity (Wildman–Crippen MR) is 91.8 cm³/mol. The quantitative estimate of drug-likeness (QED) is 0.938. The maximum Gasteiger partial charge on any atom is 0.168 e. The average molecular weight is 316 g/mol. The molecule has 1 N–H and O–H groups in total. The van der Waals surface area contributed by atoms with Crippen LogP contribution in [0.5, 0.6) is 0 Å². The second-order valence-corrected chi connectivity index (χ2v) is 7.27. The molecule has 0 fully saturated rings. The van der Waals surface area contributed by atoms with Crippen molar-refractivity contribution in [3.8, 4) is 0 Å². The van der Waals surface area contributed by atoms with Crippen LogP contribution >= 0.6 is 23.1 Å². The van der Waals surface area contributed by atoms with Crippen LogP contribution in [0.3, 0.4) is 0 Å². The number of hydrogen-bond donors (Lipinski definition) is 1. The highest BCUT2D eigenvalue weighted by molar-refractivity contribution is 8.17. The smallest absolute Gasteiger partial charge is 0.168 e. The molecule has 0 saturated carbocycles. The van der Waals surface area contributed by atoms with Crippen molar-refractivity contribution in [2.24, 2.45) is 4.99 Å². The van der Waals surface area contributed by atoms with E-state index < -0.39 is 0 Å². The summed E-state index contributed by atoms with van der Waals surface area (Å²) in [6, 6.07) is 6.70. The summed E-state index contributed by atoms with van der Waals surface area (Å²) in [5.74, 6) is 0. The summed E-state index contributed by atoms with van der Waals surface area (Å²) in [6.45, 7) is 4.18. The van der Waals surface area contributed by atoms with Crippen LogP contribution in [0.2, 0.25) is 0 Å². The minimum atomic E-state index is 0.187. The first-order valence-corrected chi connectivity index (χ1v) is 8.79. The highest BCUT2D eigenvalue weighted by Crippen LogP contribution is 2.43. The fourth-order valence-electron chi connectivity index (χ4n) is 2.92. The second kappa shape index (κ2) is 5.16. The fourth-order valence-corrected chi connectivity index (χ4v) is 5.03. The lowest BCUT2D eigenvalue weighted by Crippen LogP contribution is -2.20. The maximum atomic E-state index is 9.33. The standard InChI is InChI=1S/C16H16N2OS2/c1-10-9-20-13-3-2-11(8-12(10)13)15-14(4-7-19)21-16-17-5-6-18(15)16/h2-3,8-9,19H,4-7H2,1H3. The van der Waals surface area contributed by atoms with E-state index in [9.17, 15) is 5.11 Å². The van der Waals surface area contributed by atoms with Crippen LogP contribution in [0.1, 0.15) is 17.5 Å². The van der Waals surface area contributed by atoms with E-state index in [2.05, 4.69) is 40.4 Å².